The number of fused-ring (bicyclic) bond motifs is 1. The van der Waals surface area contributed by atoms with E-state index < -0.39 is 0 Å². The molecule has 0 radical (unpaired) electrons. The summed E-state index contributed by atoms with van der Waals surface area (Å²) in [4.78, 5) is 13.4. The Hall–Kier alpha value is -2.57. The zero-order chi connectivity index (χ0) is 21.1. The molecule has 158 valence electrons. The normalized spacial score (nSPS) is 15.3. The molecule has 3 aromatic rings. The first-order valence-corrected chi connectivity index (χ1v) is 10.7. The Bertz CT molecular complexity index is 1020. The lowest BCUT2D eigenvalue weighted by Gasteiger charge is -2.34. The van der Waals surface area contributed by atoms with Crippen LogP contribution in [0.5, 0.6) is 5.75 Å². The number of hydrogen-bond acceptors (Lipinski definition) is 6. The minimum atomic E-state index is 0.279. The van der Waals surface area contributed by atoms with Gasteiger partial charge in [-0.05, 0) is 48.7 Å². The van der Waals surface area contributed by atoms with Crippen molar-refractivity contribution >= 4 is 34.0 Å². The van der Waals surface area contributed by atoms with Crippen LogP contribution < -0.4 is 15.0 Å². The van der Waals surface area contributed by atoms with Crippen LogP contribution in [0.15, 0.2) is 42.5 Å². The molecule has 1 aromatic heterocycles. The van der Waals surface area contributed by atoms with E-state index in [-0.39, 0.29) is 5.28 Å². The summed E-state index contributed by atoms with van der Waals surface area (Å²) in [6.07, 6.45) is 2.09. The minimum Gasteiger partial charge on any atom is -0.496 e. The Morgan fingerprint density at radius 3 is 2.60 bits per heavy atom. The van der Waals surface area contributed by atoms with Gasteiger partial charge in [0, 0.05) is 56.4 Å². The molecular formula is C23H28ClN5O. The van der Waals surface area contributed by atoms with Gasteiger partial charge in [0.1, 0.15) is 11.6 Å². The third kappa shape index (κ3) is 4.45. The van der Waals surface area contributed by atoms with Gasteiger partial charge in [0.25, 0.3) is 0 Å². The monoisotopic (exact) mass is 425 g/mol. The standard InChI is InChI=1S/C23H28ClN5O/c1-28(2)20-9-6-10-21(30-3)18(20)15-29-13-11-16(12-14-29)25-22-17-7-4-5-8-19(17)26-23(24)27-22/h4-10,16H,11-15H2,1-3H3,(H,25,26,27). The molecule has 1 saturated heterocycles. The zero-order valence-electron chi connectivity index (χ0n) is 17.7. The van der Waals surface area contributed by atoms with Gasteiger partial charge in [0.05, 0.1) is 12.6 Å². The molecule has 0 unspecified atom stereocenters. The molecule has 1 aliphatic rings. The Balaban J connectivity index is 1.43. The van der Waals surface area contributed by atoms with E-state index in [2.05, 4.69) is 45.2 Å². The number of anilines is 2. The fourth-order valence-electron chi connectivity index (χ4n) is 4.13. The van der Waals surface area contributed by atoms with E-state index in [4.69, 9.17) is 16.3 Å². The number of aromatic nitrogens is 2. The molecule has 6 nitrogen and oxygen atoms in total. The molecule has 1 aliphatic heterocycles. The van der Waals surface area contributed by atoms with Gasteiger partial charge in [0.15, 0.2) is 0 Å². The first-order valence-electron chi connectivity index (χ1n) is 10.3. The average molecular weight is 426 g/mol. The number of nitrogens with one attached hydrogen (secondary N) is 1. The number of halogens is 1. The number of rotatable bonds is 6. The van der Waals surface area contributed by atoms with Crippen molar-refractivity contribution in [3.8, 4) is 5.75 Å². The van der Waals surface area contributed by atoms with E-state index in [0.717, 1.165) is 54.9 Å². The van der Waals surface area contributed by atoms with Crippen LogP contribution in [0, 0.1) is 0 Å². The maximum Gasteiger partial charge on any atom is 0.224 e. The van der Waals surface area contributed by atoms with Gasteiger partial charge >= 0.3 is 0 Å². The van der Waals surface area contributed by atoms with Gasteiger partial charge in [-0.1, -0.05) is 18.2 Å². The summed E-state index contributed by atoms with van der Waals surface area (Å²) in [5.41, 5.74) is 3.31. The number of para-hydroxylation sites is 1. The van der Waals surface area contributed by atoms with E-state index in [0.29, 0.717) is 6.04 Å². The van der Waals surface area contributed by atoms with Gasteiger partial charge in [-0.15, -0.1) is 0 Å². The fourth-order valence-corrected chi connectivity index (χ4v) is 4.31. The minimum absolute atomic E-state index is 0.279. The highest BCUT2D eigenvalue weighted by Crippen LogP contribution is 2.31. The predicted octanol–water partition coefficient (Wildman–Crippen LogP) is 4.43. The van der Waals surface area contributed by atoms with E-state index in [9.17, 15) is 0 Å². The SMILES string of the molecule is COc1cccc(N(C)C)c1CN1CCC(Nc2nc(Cl)nc3ccccc23)CC1. The lowest BCUT2D eigenvalue weighted by atomic mass is 10.0. The van der Waals surface area contributed by atoms with Crippen LogP contribution in [0.1, 0.15) is 18.4 Å². The maximum absolute atomic E-state index is 6.14. The number of hydrogen-bond donors (Lipinski definition) is 1. The molecule has 0 atom stereocenters. The van der Waals surface area contributed by atoms with Crippen molar-refractivity contribution < 1.29 is 4.74 Å². The second kappa shape index (κ2) is 9.06. The van der Waals surface area contributed by atoms with Crippen LogP contribution in [0.3, 0.4) is 0 Å². The molecule has 2 heterocycles. The highest BCUT2D eigenvalue weighted by Gasteiger charge is 2.22. The van der Waals surface area contributed by atoms with Crippen molar-refractivity contribution in [3.05, 3.63) is 53.3 Å². The lowest BCUT2D eigenvalue weighted by molar-refractivity contribution is 0.209. The van der Waals surface area contributed by atoms with Crippen LogP contribution >= 0.6 is 11.6 Å². The van der Waals surface area contributed by atoms with Crippen molar-refractivity contribution in [2.45, 2.75) is 25.4 Å². The van der Waals surface area contributed by atoms with Crippen LogP contribution in [0.25, 0.3) is 10.9 Å². The molecule has 2 aromatic carbocycles. The molecule has 4 rings (SSSR count). The smallest absolute Gasteiger partial charge is 0.224 e. The zero-order valence-corrected chi connectivity index (χ0v) is 18.5. The van der Waals surface area contributed by atoms with Crippen LogP contribution in [-0.4, -0.2) is 55.2 Å². The molecular weight excluding hydrogens is 398 g/mol. The third-order valence-corrected chi connectivity index (χ3v) is 5.87. The first-order chi connectivity index (χ1) is 14.5. The number of nitrogens with zero attached hydrogens (tertiary/aromatic N) is 4. The maximum atomic E-state index is 6.14. The van der Waals surface area contributed by atoms with Gasteiger partial charge in [0.2, 0.25) is 5.28 Å². The van der Waals surface area contributed by atoms with Crippen molar-refractivity contribution in [1.29, 1.82) is 0 Å². The highest BCUT2D eigenvalue weighted by atomic mass is 35.5. The third-order valence-electron chi connectivity index (χ3n) is 5.70. The van der Waals surface area contributed by atoms with Gasteiger partial charge in [-0.25, -0.2) is 9.97 Å². The molecule has 7 heteroatoms. The summed E-state index contributed by atoms with van der Waals surface area (Å²) in [5.74, 6) is 1.77. The fraction of sp³-hybridized carbons (Fsp3) is 0.391. The molecule has 0 bridgehead atoms. The lowest BCUT2D eigenvalue weighted by Crippen LogP contribution is -2.39. The molecule has 0 spiro atoms. The topological polar surface area (TPSA) is 53.5 Å². The second-order valence-corrected chi connectivity index (χ2v) is 8.24. The van der Waals surface area contributed by atoms with Crippen LogP contribution in [-0.2, 0) is 6.54 Å². The summed E-state index contributed by atoms with van der Waals surface area (Å²) in [6.45, 7) is 2.91. The molecule has 1 fully saturated rings. The van der Waals surface area contributed by atoms with E-state index >= 15 is 0 Å². The Morgan fingerprint density at radius 2 is 1.87 bits per heavy atom. The molecule has 1 N–H and O–H groups in total. The molecule has 0 aliphatic carbocycles. The quantitative estimate of drug-likeness (QED) is 0.589. The van der Waals surface area contributed by atoms with Crippen molar-refractivity contribution in [1.82, 2.24) is 14.9 Å². The van der Waals surface area contributed by atoms with Gasteiger partial charge < -0.3 is 15.0 Å². The van der Waals surface area contributed by atoms with Crippen molar-refractivity contribution in [3.63, 3.8) is 0 Å². The summed E-state index contributed by atoms with van der Waals surface area (Å²) >= 11 is 6.14. The molecule has 0 amide bonds. The highest BCUT2D eigenvalue weighted by molar-refractivity contribution is 6.28. The van der Waals surface area contributed by atoms with E-state index in [1.807, 2.05) is 36.4 Å². The van der Waals surface area contributed by atoms with E-state index in [1.54, 1.807) is 7.11 Å². The summed E-state index contributed by atoms with van der Waals surface area (Å²) in [7, 11) is 5.89. The molecule has 30 heavy (non-hydrogen) atoms. The van der Waals surface area contributed by atoms with Gasteiger partial charge in [-0.3, -0.25) is 4.90 Å². The largest absolute Gasteiger partial charge is 0.496 e. The second-order valence-electron chi connectivity index (χ2n) is 7.91. The van der Waals surface area contributed by atoms with Crippen molar-refractivity contribution in [2.24, 2.45) is 0 Å². The molecule has 0 saturated carbocycles. The average Bonchev–Trinajstić information content (AvgIpc) is 2.75. The Kier molecular flexibility index (Phi) is 6.25. The Labute approximate surface area is 182 Å². The van der Waals surface area contributed by atoms with Crippen LogP contribution in [0.2, 0.25) is 5.28 Å². The summed E-state index contributed by atoms with van der Waals surface area (Å²) < 4.78 is 5.64. The number of likely N-dealkylation sites (tertiary alicyclic amines) is 1. The van der Waals surface area contributed by atoms with E-state index in [1.165, 1.54) is 11.3 Å². The van der Waals surface area contributed by atoms with Gasteiger partial charge in [-0.2, -0.15) is 0 Å². The number of ether oxygens (including phenoxy) is 1. The van der Waals surface area contributed by atoms with Crippen molar-refractivity contribution in [2.75, 3.05) is 44.5 Å². The predicted molar refractivity (Wildman–Crippen MR) is 124 cm³/mol. The summed E-state index contributed by atoms with van der Waals surface area (Å²) in [5, 5.41) is 4.89. The number of methoxy groups -OCH3 is 1. The number of benzene rings is 2. The number of piperidine rings is 1. The summed E-state index contributed by atoms with van der Waals surface area (Å²) in [6, 6.07) is 14.6. The first kappa shape index (κ1) is 20.7. The van der Waals surface area contributed by atoms with Crippen LogP contribution in [0.4, 0.5) is 11.5 Å². The Morgan fingerprint density at radius 1 is 1.10 bits per heavy atom.